The Hall–Kier alpha value is -3.29. The van der Waals surface area contributed by atoms with Crippen LogP contribution in [0.2, 0.25) is 0 Å². The van der Waals surface area contributed by atoms with Gasteiger partial charge in [0.1, 0.15) is 0 Å². The van der Waals surface area contributed by atoms with Crippen molar-refractivity contribution in [1.82, 2.24) is 0 Å². The van der Waals surface area contributed by atoms with Gasteiger partial charge in [-0.3, -0.25) is 9.59 Å². The standard InChI is InChI=1S/C19H14F3NO4/c1-11(24)13-7-16-17(27-10-26-16)9-15(13)23-18(25)8-14(19(20,21)22)12-5-3-2-4-6-12/h2-9H,10H2,1H3,(H,23,25)/b14-8-. The molecule has 0 aromatic heterocycles. The van der Waals surface area contributed by atoms with Gasteiger partial charge >= 0.3 is 6.18 Å². The number of anilines is 1. The Morgan fingerprint density at radius 2 is 1.70 bits per heavy atom. The molecule has 27 heavy (non-hydrogen) atoms. The van der Waals surface area contributed by atoms with Crippen molar-refractivity contribution in [3.8, 4) is 11.5 Å². The molecule has 1 N–H and O–H groups in total. The topological polar surface area (TPSA) is 64.6 Å². The average Bonchev–Trinajstić information content (AvgIpc) is 3.06. The number of benzene rings is 2. The Balaban J connectivity index is 1.95. The molecule has 0 bridgehead atoms. The minimum Gasteiger partial charge on any atom is -0.454 e. The largest absolute Gasteiger partial charge is 0.454 e. The number of nitrogens with one attached hydrogen (secondary N) is 1. The quantitative estimate of drug-likeness (QED) is 0.641. The molecule has 1 aliphatic heterocycles. The lowest BCUT2D eigenvalue weighted by atomic mass is 10.0. The number of carbonyl (C=O) groups is 2. The molecule has 0 saturated carbocycles. The van der Waals surface area contributed by atoms with Gasteiger partial charge in [0.05, 0.1) is 11.3 Å². The van der Waals surface area contributed by atoms with Crippen LogP contribution in [0.25, 0.3) is 5.57 Å². The highest BCUT2D eigenvalue weighted by Crippen LogP contribution is 2.38. The van der Waals surface area contributed by atoms with Crippen LogP contribution in [0.4, 0.5) is 18.9 Å². The van der Waals surface area contributed by atoms with E-state index in [1.807, 2.05) is 0 Å². The third kappa shape index (κ3) is 4.11. The van der Waals surface area contributed by atoms with Crippen molar-refractivity contribution in [1.29, 1.82) is 0 Å². The van der Waals surface area contributed by atoms with E-state index in [1.54, 1.807) is 6.07 Å². The van der Waals surface area contributed by atoms with Crippen molar-refractivity contribution in [3.05, 3.63) is 59.7 Å². The number of fused-ring (bicyclic) bond motifs is 1. The van der Waals surface area contributed by atoms with Gasteiger partial charge in [-0.1, -0.05) is 30.3 Å². The lowest BCUT2D eigenvalue weighted by Gasteiger charge is -2.13. The Bertz CT molecular complexity index is 921. The van der Waals surface area contributed by atoms with Gasteiger partial charge in [0.15, 0.2) is 17.3 Å². The predicted octanol–water partition coefficient (Wildman–Crippen LogP) is 4.20. The fourth-order valence-electron chi connectivity index (χ4n) is 2.58. The number of halogens is 3. The maximum Gasteiger partial charge on any atom is 0.417 e. The monoisotopic (exact) mass is 377 g/mol. The highest BCUT2D eigenvalue weighted by Gasteiger charge is 2.35. The number of Topliss-reactive ketones (excluding diaryl/α,β-unsaturated/α-hetero) is 1. The number of ether oxygens (including phenoxy) is 2. The first-order chi connectivity index (χ1) is 12.8. The summed E-state index contributed by atoms with van der Waals surface area (Å²) in [6.07, 6.45) is -4.26. The zero-order chi connectivity index (χ0) is 19.6. The van der Waals surface area contributed by atoms with E-state index < -0.39 is 17.7 Å². The van der Waals surface area contributed by atoms with E-state index in [1.165, 1.54) is 43.3 Å². The van der Waals surface area contributed by atoms with Crippen LogP contribution in [0, 0.1) is 0 Å². The molecule has 0 saturated heterocycles. The predicted molar refractivity (Wildman–Crippen MR) is 91.7 cm³/mol. The fourth-order valence-corrected chi connectivity index (χ4v) is 2.58. The summed E-state index contributed by atoms with van der Waals surface area (Å²) in [6.45, 7) is 1.23. The van der Waals surface area contributed by atoms with Crippen molar-refractivity contribution in [2.45, 2.75) is 13.1 Å². The first-order valence-electron chi connectivity index (χ1n) is 7.85. The number of ketones is 1. The summed E-state index contributed by atoms with van der Waals surface area (Å²) < 4.78 is 50.4. The SMILES string of the molecule is CC(=O)c1cc2c(cc1NC(=O)/C=C(/c1ccccc1)C(F)(F)F)OCO2. The molecular weight excluding hydrogens is 363 g/mol. The second-order valence-corrected chi connectivity index (χ2v) is 5.72. The van der Waals surface area contributed by atoms with E-state index in [0.29, 0.717) is 17.6 Å². The summed E-state index contributed by atoms with van der Waals surface area (Å²) >= 11 is 0. The van der Waals surface area contributed by atoms with Crippen LogP contribution in [0.1, 0.15) is 22.8 Å². The third-order valence-corrected chi connectivity index (χ3v) is 3.82. The van der Waals surface area contributed by atoms with Crippen molar-refractivity contribution in [2.24, 2.45) is 0 Å². The first-order valence-corrected chi connectivity index (χ1v) is 7.85. The molecule has 1 heterocycles. The van der Waals surface area contributed by atoms with Gasteiger partial charge in [-0.15, -0.1) is 0 Å². The van der Waals surface area contributed by atoms with Gasteiger partial charge in [0.2, 0.25) is 12.7 Å². The number of allylic oxidation sites excluding steroid dienone is 1. The van der Waals surface area contributed by atoms with Crippen molar-refractivity contribution in [2.75, 3.05) is 12.1 Å². The van der Waals surface area contributed by atoms with Gasteiger partial charge in [-0.2, -0.15) is 13.2 Å². The summed E-state index contributed by atoms with van der Waals surface area (Å²) in [5, 5.41) is 2.32. The summed E-state index contributed by atoms with van der Waals surface area (Å²) in [5.74, 6) is -0.786. The van der Waals surface area contributed by atoms with Crippen LogP contribution in [-0.2, 0) is 4.79 Å². The van der Waals surface area contributed by atoms with Crippen LogP contribution < -0.4 is 14.8 Å². The van der Waals surface area contributed by atoms with E-state index in [0.717, 1.165) is 0 Å². The molecule has 0 fully saturated rings. The summed E-state index contributed by atoms with van der Waals surface area (Å²) in [7, 11) is 0. The fraction of sp³-hybridized carbons (Fsp3) is 0.158. The van der Waals surface area contributed by atoms with E-state index in [2.05, 4.69) is 5.32 Å². The van der Waals surface area contributed by atoms with Crippen LogP contribution in [0.3, 0.4) is 0 Å². The molecule has 1 amide bonds. The molecule has 0 aliphatic carbocycles. The maximum absolute atomic E-state index is 13.4. The number of rotatable bonds is 4. The van der Waals surface area contributed by atoms with Crippen molar-refractivity contribution < 1.29 is 32.2 Å². The third-order valence-electron chi connectivity index (χ3n) is 3.82. The smallest absolute Gasteiger partial charge is 0.417 e. The van der Waals surface area contributed by atoms with Crippen LogP contribution in [0.5, 0.6) is 11.5 Å². The Kier molecular flexibility index (Phi) is 4.89. The normalized spacial score (nSPS) is 13.4. The highest BCUT2D eigenvalue weighted by atomic mass is 19.4. The lowest BCUT2D eigenvalue weighted by Crippen LogP contribution is -2.17. The molecule has 0 atom stereocenters. The van der Waals surface area contributed by atoms with Gasteiger partial charge in [0, 0.05) is 17.7 Å². The minimum absolute atomic E-state index is 0.0441. The lowest BCUT2D eigenvalue weighted by molar-refractivity contribution is -0.112. The molecule has 2 aromatic carbocycles. The molecule has 5 nitrogen and oxygen atoms in total. The van der Waals surface area contributed by atoms with E-state index in [4.69, 9.17) is 9.47 Å². The molecule has 140 valence electrons. The number of hydrogen-bond acceptors (Lipinski definition) is 4. The van der Waals surface area contributed by atoms with Crippen LogP contribution in [0.15, 0.2) is 48.5 Å². The van der Waals surface area contributed by atoms with E-state index in [-0.39, 0.29) is 29.4 Å². The molecule has 3 rings (SSSR count). The summed E-state index contributed by atoms with van der Waals surface area (Å²) in [6, 6.07) is 9.70. The molecule has 0 spiro atoms. The van der Waals surface area contributed by atoms with E-state index in [9.17, 15) is 22.8 Å². The van der Waals surface area contributed by atoms with Crippen LogP contribution >= 0.6 is 0 Å². The van der Waals surface area contributed by atoms with Crippen molar-refractivity contribution in [3.63, 3.8) is 0 Å². The van der Waals surface area contributed by atoms with Gasteiger partial charge in [-0.25, -0.2) is 0 Å². The number of carbonyl (C=O) groups excluding carboxylic acids is 2. The molecule has 1 aliphatic rings. The first kappa shape index (κ1) is 18.5. The number of hydrogen-bond donors (Lipinski definition) is 1. The zero-order valence-corrected chi connectivity index (χ0v) is 14.1. The number of alkyl halides is 3. The molecule has 2 aromatic rings. The molecule has 8 heteroatoms. The van der Waals surface area contributed by atoms with E-state index >= 15 is 0 Å². The van der Waals surface area contributed by atoms with Crippen LogP contribution in [-0.4, -0.2) is 24.7 Å². The molecular formula is C19H14F3NO4. The van der Waals surface area contributed by atoms with Gasteiger partial charge < -0.3 is 14.8 Å². The Morgan fingerprint density at radius 3 is 2.30 bits per heavy atom. The maximum atomic E-state index is 13.4. The Morgan fingerprint density at radius 1 is 1.07 bits per heavy atom. The average molecular weight is 377 g/mol. The summed E-state index contributed by atoms with van der Waals surface area (Å²) in [4.78, 5) is 24.1. The zero-order valence-electron chi connectivity index (χ0n) is 14.1. The second kappa shape index (κ2) is 7.14. The van der Waals surface area contributed by atoms with Gasteiger partial charge in [-0.05, 0) is 18.6 Å². The molecule has 0 radical (unpaired) electrons. The molecule has 0 unspecified atom stereocenters. The van der Waals surface area contributed by atoms with Gasteiger partial charge in [0.25, 0.3) is 0 Å². The Labute approximate surface area is 152 Å². The number of amides is 1. The second-order valence-electron chi connectivity index (χ2n) is 5.72. The van der Waals surface area contributed by atoms with Crippen molar-refractivity contribution >= 4 is 23.0 Å². The minimum atomic E-state index is -4.73. The summed E-state index contributed by atoms with van der Waals surface area (Å²) in [5.41, 5.74) is -1.08. The highest BCUT2D eigenvalue weighted by molar-refractivity contribution is 6.09.